The molecule has 0 aliphatic heterocycles. The highest BCUT2D eigenvalue weighted by molar-refractivity contribution is 7.99. The summed E-state index contributed by atoms with van der Waals surface area (Å²) in [7, 11) is 0. The zero-order valence-electron chi connectivity index (χ0n) is 18.1. The van der Waals surface area contributed by atoms with Crippen molar-refractivity contribution in [2.45, 2.75) is 12.1 Å². The standard InChI is InChI=1S/C25H23N5O2S/c1-2-32-22-15-13-21(14-16-22)30-24(20-11-7-4-8-12-20)28-29-25(30)33-18-23(31)27-26-17-19-9-5-3-6-10-19/h3-17H,2,18H2,1H3,(H,27,31). The van der Waals surface area contributed by atoms with Crippen molar-refractivity contribution in [1.29, 1.82) is 0 Å². The maximum Gasteiger partial charge on any atom is 0.250 e. The molecule has 0 aliphatic carbocycles. The minimum atomic E-state index is -0.227. The molecule has 0 fully saturated rings. The van der Waals surface area contributed by atoms with Gasteiger partial charge in [0.2, 0.25) is 0 Å². The van der Waals surface area contributed by atoms with Gasteiger partial charge >= 0.3 is 0 Å². The molecular formula is C25H23N5O2S. The van der Waals surface area contributed by atoms with E-state index >= 15 is 0 Å². The zero-order valence-corrected chi connectivity index (χ0v) is 18.9. The number of benzene rings is 3. The Morgan fingerprint density at radius 3 is 2.39 bits per heavy atom. The minimum absolute atomic E-state index is 0.149. The van der Waals surface area contributed by atoms with Gasteiger partial charge in [-0.25, -0.2) is 5.43 Å². The van der Waals surface area contributed by atoms with Gasteiger partial charge in [0.25, 0.3) is 5.91 Å². The van der Waals surface area contributed by atoms with Gasteiger partial charge in [0.1, 0.15) is 5.75 Å². The van der Waals surface area contributed by atoms with Gasteiger partial charge in [0, 0.05) is 11.3 Å². The Labute approximate surface area is 196 Å². The number of carbonyl (C=O) groups is 1. The lowest BCUT2D eigenvalue weighted by molar-refractivity contribution is -0.118. The molecule has 8 heteroatoms. The number of nitrogens with zero attached hydrogens (tertiary/aromatic N) is 4. The van der Waals surface area contributed by atoms with Crippen LogP contribution in [0.25, 0.3) is 17.1 Å². The summed E-state index contributed by atoms with van der Waals surface area (Å²) in [5.41, 5.74) is 5.28. The number of hydrogen-bond acceptors (Lipinski definition) is 6. The van der Waals surface area contributed by atoms with E-state index in [1.54, 1.807) is 6.21 Å². The number of aromatic nitrogens is 3. The van der Waals surface area contributed by atoms with Crippen LogP contribution in [0.2, 0.25) is 0 Å². The van der Waals surface area contributed by atoms with Crippen LogP contribution in [0, 0.1) is 0 Å². The van der Waals surface area contributed by atoms with Crippen LogP contribution < -0.4 is 10.2 Å². The summed E-state index contributed by atoms with van der Waals surface area (Å²) < 4.78 is 7.50. The zero-order chi connectivity index (χ0) is 22.9. The maximum absolute atomic E-state index is 12.3. The van der Waals surface area contributed by atoms with Crippen LogP contribution >= 0.6 is 11.8 Å². The topological polar surface area (TPSA) is 81.4 Å². The molecule has 0 aliphatic rings. The van der Waals surface area contributed by atoms with E-state index in [1.165, 1.54) is 11.8 Å². The molecule has 0 saturated heterocycles. The van der Waals surface area contributed by atoms with E-state index < -0.39 is 0 Å². The summed E-state index contributed by atoms with van der Waals surface area (Å²) >= 11 is 1.30. The highest BCUT2D eigenvalue weighted by atomic mass is 32.2. The molecule has 0 bridgehead atoms. The van der Waals surface area contributed by atoms with E-state index in [1.807, 2.05) is 96.4 Å². The van der Waals surface area contributed by atoms with Crippen LogP contribution in [0.3, 0.4) is 0 Å². The first kappa shape index (κ1) is 22.3. The van der Waals surface area contributed by atoms with Gasteiger partial charge in [0.05, 0.1) is 18.6 Å². The van der Waals surface area contributed by atoms with Gasteiger partial charge in [-0.15, -0.1) is 10.2 Å². The number of rotatable bonds is 9. The molecule has 1 heterocycles. The average Bonchev–Trinajstić information content (AvgIpc) is 3.29. The second-order valence-corrected chi connectivity index (χ2v) is 7.87. The van der Waals surface area contributed by atoms with Gasteiger partial charge in [-0.05, 0) is 36.8 Å². The molecule has 1 aromatic heterocycles. The third-order valence-electron chi connectivity index (χ3n) is 4.61. The van der Waals surface area contributed by atoms with Crippen molar-refractivity contribution in [3.8, 4) is 22.8 Å². The molecule has 4 aromatic rings. The number of amides is 1. The summed E-state index contributed by atoms with van der Waals surface area (Å²) in [5.74, 6) is 1.41. The largest absolute Gasteiger partial charge is 0.494 e. The van der Waals surface area contributed by atoms with Gasteiger partial charge in [-0.3, -0.25) is 9.36 Å². The van der Waals surface area contributed by atoms with E-state index in [9.17, 15) is 4.79 Å². The Morgan fingerprint density at radius 2 is 1.70 bits per heavy atom. The molecule has 166 valence electrons. The van der Waals surface area contributed by atoms with Crippen molar-refractivity contribution in [3.05, 3.63) is 90.5 Å². The van der Waals surface area contributed by atoms with Crippen LogP contribution in [-0.2, 0) is 4.79 Å². The van der Waals surface area contributed by atoms with E-state index in [0.717, 1.165) is 22.6 Å². The molecule has 0 radical (unpaired) electrons. The molecule has 0 spiro atoms. The van der Waals surface area contributed by atoms with Gasteiger partial charge in [-0.1, -0.05) is 72.4 Å². The molecule has 33 heavy (non-hydrogen) atoms. The molecule has 1 N–H and O–H groups in total. The smallest absolute Gasteiger partial charge is 0.250 e. The molecule has 7 nitrogen and oxygen atoms in total. The Kier molecular flexibility index (Phi) is 7.50. The molecule has 1 amide bonds. The molecule has 4 rings (SSSR count). The van der Waals surface area contributed by atoms with Crippen molar-refractivity contribution in [1.82, 2.24) is 20.2 Å². The van der Waals surface area contributed by atoms with Crippen LogP contribution in [0.5, 0.6) is 5.75 Å². The number of carbonyl (C=O) groups excluding carboxylic acids is 1. The van der Waals surface area contributed by atoms with Gasteiger partial charge < -0.3 is 4.74 Å². The minimum Gasteiger partial charge on any atom is -0.494 e. The van der Waals surface area contributed by atoms with Crippen LogP contribution in [-0.4, -0.2) is 39.2 Å². The third-order valence-corrected chi connectivity index (χ3v) is 5.54. The average molecular weight is 458 g/mol. The Morgan fingerprint density at radius 1 is 1.00 bits per heavy atom. The summed E-state index contributed by atoms with van der Waals surface area (Å²) in [4.78, 5) is 12.3. The van der Waals surface area contributed by atoms with Gasteiger partial charge in [-0.2, -0.15) is 5.10 Å². The summed E-state index contributed by atoms with van der Waals surface area (Å²) in [5, 5.41) is 13.4. The molecule has 0 saturated carbocycles. The van der Waals surface area contributed by atoms with Crippen molar-refractivity contribution >= 4 is 23.9 Å². The summed E-state index contributed by atoms with van der Waals surface area (Å²) in [6.45, 7) is 2.55. The lowest BCUT2D eigenvalue weighted by atomic mass is 10.2. The van der Waals surface area contributed by atoms with Crippen LogP contribution in [0.1, 0.15) is 12.5 Å². The Balaban J connectivity index is 1.52. The molecule has 3 aromatic carbocycles. The van der Waals surface area contributed by atoms with Crippen LogP contribution in [0.4, 0.5) is 0 Å². The van der Waals surface area contributed by atoms with E-state index in [4.69, 9.17) is 4.74 Å². The van der Waals surface area contributed by atoms with E-state index in [0.29, 0.717) is 17.6 Å². The first-order chi connectivity index (χ1) is 16.2. The second-order valence-electron chi connectivity index (χ2n) is 6.93. The van der Waals surface area contributed by atoms with E-state index in [2.05, 4.69) is 20.7 Å². The fourth-order valence-electron chi connectivity index (χ4n) is 3.11. The number of hydrogen-bond donors (Lipinski definition) is 1. The number of ether oxygens (including phenoxy) is 1. The highest BCUT2D eigenvalue weighted by Crippen LogP contribution is 2.28. The number of hydrazone groups is 1. The predicted molar refractivity (Wildman–Crippen MR) is 131 cm³/mol. The fourth-order valence-corrected chi connectivity index (χ4v) is 3.85. The second kappa shape index (κ2) is 11.1. The summed E-state index contributed by atoms with van der Waals surface area (Å²) in [6.07, 6.45) is 1.61. The molecule has 0 unspecified atom stereocenters. The lowest BCUT2D eigenvalue weighted by Crippen LogP contribution is -2.20. The van der Waals surface area contributed by atoms with Crippen molar-refractivity contribution in [2.24, 2.45) is 5.10 Å². The van der Waals surface area contributed by atoms with Gasteiger partial charge in [0.15, 0.2) is 11.0 Å². The number of nitrogens with one attached hydrogen (secondary N) is 1. The highest BCUT2D eigenvalue weighted by Gasteiger charge is 2.17. The third kappa shape index (κ3) is 5.87. The monoisotopic (exact) mass is 457 g/mol. The van der Waals surface area contributed by atoms with Crippen molar-refractivity contribution in [3.63, 3.8) is 0 Å². The fraction of sp³-hybridized carbons (Fsp3) is 0.120. The normalized spacial score (nSPS) is 10.9. The van der Waals surface area contributed by atoms with E-state index in [-0.39, 0.29) is 11.7 Å². The predicted octanol–water partition coefficient (Wildman–Crippen LogP) is 4.58. The Bertz CT molecular complexity index is 1210. The first-order valence-corrected chi connectivity index (χ1v) is 11.5. The number of thioether (sulfide) groups is 1. The summed E-state index contributed by atoms with van der Waals surface area (Å²) in [6, 6.07) is 27.1. The molecular weight excluding hydrogens is 434 g/mol. The van der Waals surface area contributed by atoms with Crippen molar-refractivity contribution in [2.75, 3.05) is 12.4 Å². The van der Waals surface area contributed by atoms with Crippen molar-refractivity contribution < 1.29 is 9.53 Å². The first-order valence-electron chi connectivity index (χ1n) is 10.5. The Hall–Kier alpha value is -3.91. The molecule has 0 atom stereocenters. The lowest BCUT2D eigenvalue weighted by Gasteiger charge is -2.11. The SMILES string of the molecule is CCOc1ccc(-n2c(SCC(=O)NN=Cc3ccccc3)nnc2-c2ccccc2)cc1. The van der Waals surface area contributed by atoms with Crippen LogP contribution in [0.15, 0.2) is 95.2 Å². The quantitative estimate of drug-likeness (QED) is 0.226. The maximum atomic E-state index is 12.3.